The largest absolute Gasteiger partial charge is 0.481 e. The number of hydrogen-bond acceptors (Lipinski definition) is 5. The first-order chi connectivity index (χ1) is 8.70. The van der Waals surface area contributed by atoms with Crippen molar-refractivity contribution in [2.75, 3.05) is 25.5 Å². The van der Waals surface area contributed by atoms with E-state index in [2.05, 4.69) is 15.3 Å². The van der Waals surface area contributed by atoms with E-state index in [0.29, 0.717) is 11.8 Å². The molecule has 1 aliphatic heterocycles. The van der Waals surface area contributed by atoms with Gasteiger partial charge in [-0.05, 0) is 19.8 Å². The van der Waals surface area contributed by atoms with E-state index in [9.17, 15) is 4.79 Å². The molecule has 1 aliphatic rings. The zero-order valence-corrected chi connectivity index (χ0v) is 10.7. The number of amides is 1. The summed E-state index contributed by atoms with van der Waals surface area (Å²) < 4.78 is 5.01. The van der Waals surface area contributed by atoms with E-state index in [-0.39, 0.29) is 11.9 Å². The SMILES string of the molecule is COc1ccnc(NC(C)C(=O)N2CCCC2)n1. The summed E-state index contributed by atoms with van der Waals surface area (Å²) in [6.45, 7) is 3.52. The first kappa shape index (κ1) is 12.6. The first-order valence-corrected chi connectivity index (χ1v) is 6.13. The summed E-state index contributed by atoms with van der Waals surface area (Å²) in [6, 6.07) is 1.34. The summed E-state index contributed by atoms with van der Waals surface area (Å²) in [7, 11) is 1.55. The van der Waals surface area contributed by atoms with Crippen molar-refractivity contribution >= 4 is 11.9 Å². The summed E-state index contributed by atoms with van der Waals surface area (Å²) >= 11 is 0. The third-order valence-electron chi connectivity index (χ3n) is 2.97. The number of nitrogens with zero attached hydrogens (tertiary/aromatic N) is 3. The first-order valence-electron chi connectivity index (χ1n) is 6.13. The van der Waals surface area contributed by atoms with Crippen molar-refractivity contribution in [2.45, 2.75) is 25.8 Å². The van der Waals surface area contributed by atoms with E-state index < -0.39 is 0 Å². The number of carbonyl (C=O) groups is 1. The Morgan fingerprint density at radius 1 is 1.50 bits per heavy atom. The van der Waals surface area contributed by atoms with Crippen LogP contribution >= 0.6 is 0 Å². The second kappa shape index (κ2) is 5.66. The molecule has 1 fully saturated rings. The Labute approximate surface area is 106 Å². The van der Waals surface area contributed by atoms with Gasteiger partial charge in [0.15, 0.2) is 0 Å². The minimum atomic E-state index is -0.324. The van der Waals surface area contributed by atoms with Gasteiger partial charge in [0, 0.05) is 25.4 Å². The standard InChI is InChI=1S/C12H18N4O2/c1-9(11(17)16-7-3-4-8-16)14-12-13-6-5-10(15-12)18-2/h5-6,9H,3-4,7-8H2,1-2H3,(H,13,14,15). The van der Waals surface area contributed by atoms with E-state index in [1.807, 2.05) is 11.8 Å². The van der Waals surface area contributed by atoms with Crippen LogP contribution in [-0.2, 0) is 4.79 Å². The number of methoxy groups -OCH3 is 1. The molecule has 6 nitrogen and oxygen atoms in total. The summed E-state index contributed by atoms with van der Waals surface area (Å²) in [4.78, 5) is 22.1. The number of nitrogens with one attached hydrogen (secondary N) is 1. The van der Waals surface area contributed by atoms with Crippen molar-refractivity contribution < 1.29 is 9.53 Å². The van der Waals surface area contributed by atoms with Crippen LogP contribution in [0.5, 0.6) is 5.88 Å². The third kappa shape index (κ3) is 2.88. The molecule has 0 radical (unpaired) electrons. The molecule has 1 atom stereocenters. The second-order valence-electron chi connectivity index (χ2n) is 4.32. The lowest BCUT2D eigenvalue weighted by Crippen LogP contribution is -2.39. The summed E-state index contributed by atoms with van der Waals surface area (Å²) in [6.07, 6.45) is 3.78. The van der Waals surface area contributed by atoms with Crippen molar-refractivity contribution in [1.82, 2.24) is 14.9 Å². The van der Waals surface area contributed by atoms with E-state index in [1.54, 1.807) is 19.4 Å². The Morgan fingerprint density at radius 2 is 2.22 bits per heavy atom. The Morgan fingerprint density at radius 3 is 2.89 bits per heavy atom. The normalized spacial score (nSPS) is 16.4. The maximum Gasteiger partial charge on any atom is 0.244 e. The van der Waals surface area contributed by atoms with Crippen LogP contribution in [0.2, 0.25) is 0 Å². The minimum Gasteiger partial charge on any atom is -0.481 e. The quantitative estimate of drug-likeness (QED) is 0.860. The molecule has 1 aromatic rings. The number of likely N-dealkylation sites (tertiary alicyclic amines) is 1. The molecule has 0 bridgehead atoms. The van der Waals surface area contributed by atoms with Crippen LogP contribution in [0.4, 0.5) is 5.95 Å². The topological polar surface area (TPSA) is 67.3 Å². The average molecular weight is 250 g/mol. The van der Waals surface area contributed by atoms with E-state index in [0.717, 1.165) is 25.9 Å². The van der Waals surface area contributed by atoms with Crippen molar-refractivity contribution in [3.05, 3.63) is 12.3 Å². The fourth-order valence-corrected chi connectivity index (χ4v) is 1.99. The Balaban J connectivity index is 1.97. The van der Waals surface area contributed by atoms with Crippen molar-refractivity contribution in [1.29, 1.82) is 0 Å². The van der Waals surface area contributed by atoms with Crippen molar-refractivity contribution in [3.8, 4) is 5.88 Å². The highest BCUT2D eigenvalue weighted by Gasteiger charge is 2.23. The van der Waals surface area contributed by atoms with Gasteiger partial charge >= 0.3 is 0 Å². The zero-order valence-electron chi connectivity index (χ0n) is 10.7. The molecule has 1 aromatic heterocycles. The highest BCUT2D eigenvalue weighted by atomic mass is 16.5. The van der Waals surface area contributed by atoms with Crippen LogP contribution in [0, 0.1) is 0 Å². The van der Waals surface area contributed by atoms with Gasteiger partial charge in [-0.15, -0.1) is 0 Å². The number of carbonyl (C=O) groups excluding carboxylic acids is 1. The lowest BCUT2D eigenvalue weighted by molar-refractivity contribution is -0.130. The number of anilines is 1. The molecule has 2 rings (SSSR count). The van der Waals surface area contributed by atoms with Crippen LogP contribution in [-0.4, -0.2) is 47.0 Å². The van der Waals surface area contributed by atoms with Gasteiger partial charge in [0.2, 0.25) is 17.7 Å². The second-order valence-corrected chi connectivity index (χ2v) is 4.32. The van der Waals surface area contributed by atoms with Gasteiger partial charge in [0.05, 0.1) is 7.11 Å². The lowest BCUT2D eigenvalue weighted by atomic mass is 10.3. The molecule has 1 amide bonds. The van der Waals surface area contributed by atoms with Gasteiger partial charge < -0.3 is 15.0 Å². The molecular weight excluding hydrogens is 232 g/mol. The number of ether oxygens (including phenoxy) is 1. The van der Waals surface area contributed by atoms with Gasteiger partial charge in [-0.2, -0.15) is 4.98 Å². The zero-order chi connectivity index (χ0) is 13.0. The molecule has 0 aliphatic carbocycles. The van der Waals surface area contributed by atoms with E-state index in [4.69, 9.17) is 4.74 Å². The van der Waals surface area contributed by atoms with Gasteiger partial charge in [0.1, 0.15) is 6.04 Å². The van der Waals surface area contributed by atoms with Crippen LogP contribution in [0.25, 0.3) is 0 Å². The number of hydrogen-bond donors (Lipinski definition) is 1. The summed E-state index contributed by atoms with van der Waals surface area (Å²) in [5, 5.41) is 3.00. The Bertz CT molecular complexity index is 418. The Kier molecular flexibility index (Phi) is 3.96. The molecular formula is C12H18N4O2. The minimum absolute atomic E-state index is 0.0962. The molecule has 0 saturated carbocycles. The fraction of sp³-hybridized carbons (Fsp3) is 0.583. The molecule has 1 unspecified atom stereocenters. The third-order valence-corrected chi connectivity index (χ3v) is 2.97. The Hall–Kier alpha value is -1.85. The fourth-order valence-electron chi connectivity index (χ4n) is 1.99. The lowest BCUT2D eigenvalue weighted by Gasteiger charge is -2.21. The number of aromatic nitrogens is 2. The maximum atomic E-state index is 12.1. The predicted octanol–water partition coefficient (Wildman–Crippen LogP) is 0.908. The molecule has 6 heteroatoms. The van der Waals surface area contributed by atoms with Gasteiger partial charge in [0.25, 0.3) is 0 Å². The smallest absolute Gasteiger partial charge is 0.244 e. The molecule has 1 N–H and O–H groups in total. The van der Waals surface area contributed by atoms with Crippen LogP contribution < -0.4 is 10.1 Å². The van der Waals surface area contributed by atoms with Crippen molar-refractivity contribution in [2.24, 2.45) is 0 Å². The van der Waals surface area contributed by atoms with Crippen molar-refractivity contribution in [3.63, 3.8) is 0 Å². The molecule has 0 aromatic carbocycles. The van der Waals surface area contributed by atoms with E-state index >= 15 is 0 Å². The van der Waals surface area contributed by atoms with Gasteiger partial charge in [-0.1, -0.05) is 0 Å². The summed E-state index contributed by atoms with van der Waals surface area (Å²) in [5.74, 6) is 0.988. The maximum absolute atomic E-state index is 12.1. The van der Waals surface area contributed by atoms with Crippen LogP contribution in [0.15, 0.2) is 12.3 Å². The van der Waals surface area contributed by atoms with Crippen LogP contribution in [0.3, 0.4) is 0 Å². The molecule has 0 spiro atoms. The van der Waals surface area contributed by atoms with E-state index in [1.165, 1.54) is 0 Å². The highest BCUT2D eigenvalue weighted by molar-refractivity contribution is 5.84. The van der Waals surface area contributed by atoms with Gasteiger partial charge in [-0.3, -0.25) is 4.79 Å². The molecule has 1 saturated heterocycles. The average Bonchev–Trinajstić information content (AvgIpc) is 2.92. The van der Waals surface area contributed by atoms with Crippen LogP contribution in [0.1, 0.15) is 19.8 Å². The molecule has 18 heavy (non-hydrogen) atoms. The highest BCUT2D eigenvalue weighted by Crippen LogP contribution is 2.12. The monoisotopic (exact) mass is 250 g/mol. The summed E-state index contributed by atoms with van der Waals surface area (Å²) in [5.41, 5.74) is 0. The molecule has 2 heterocycles. The van der Waals surface area contributed by atoms with Gasteiger partial charge in [-0.25, -0.2) is 4.98 Å². The molecule has 98 valence electrons. The number of rotatable bonds is 4. The predicted molar refractivity (Wildman–Crippen MR) is 67.5 cm³/mol.